The van der Waals surface area contributed by atoms with E-state index in [-0.39, 0.29) is 12.5 Å². The molecule has 0 aliphatic rings. The van der Waals surface area contributed by atoms with Crippen molar-refractivity contribution in [2.75, 3.05) is 27.9 Å². The van der Waals surface area contributed by atoms with E-state index < -0.39 is 11.9 Å². The zero-order valence-electron chi connectivity index (χ0n) is 16.6. The Bertz CT molecular complexity index is 888. The van der Waals surface area contributed by atoms with Gasteiger partial charge in [0.1, 0.15) is 5.75 Å². The standard InChI is InChI=1S/C22H23NO6/c1-23(14-18-6-4-5-7-19(18)27-2)20(24)15-29-21(25)13-10-16-8-11-17(12-9-16)22(26)28-3/h4-13H,14-15H2,1-3H3/b13-10+. The first kappa shape index (κ1) is 21.7. The zero-order chi connectivity index (χ0) is 21.2. The number of methoxy groups -OCH3 is 2. The van der Waals surface area contributed by atoms with Crippen LogP contribution in [0.4, 0.5) is 0 Å². The van der Waals surface area contributed by atoms with Gasteiger partial charge >= 0.3 is 11.9 Å². The minimum absolute atomic E-state index is 0.333. The summed E-state index contributed by atoms with van der Waals surface area (Å²) in [6.45, 7) is -0.0289. The van der Waals surface area contributed by atoms with Crippen molar-refractivity contribution in [3.63, 3.8) is 0 Å². The van der Waals surface area contributed by atoms with Gasteiger partial charge in [-0.3, -0.25) is 4.79 Å². The molecule has 0 radical (unpaired) electrons. The van der Waals surface area contributed by atoms with E-state index in [4.69, 9.17) is 9.47 Å². The fourth-order valence-corrected chi connectivity index (χ4v) is 2.48. The molecular formula is C22H23NO6. The summed E-state index contributed by atoms with van der Waals surface area (Å²) in [5, 5.41) is 0. The fourth-order valence-electron chi connectivity index (χ4n) is 2.48. The van der Waals surface area contributed by atoms with Gasteiger partial charge in [0.25, 0.3) is 5.91 Å². The lowest BCUT2D eigenvalue weighted by Crippen LogP contribution is -2.30. The lowest BCUT2D eigenvalue weighted by atomic mass is 10.1. The molecular weight excluding hydrogens is 374 g/mol. The van der Waals surface area contributed by atoms with Gasteiger partial charge in [0.2, 0.25) is 0 Å². The van der Waals surface area contributed by atoms with E-state index >= 15 is 0 Å². The second kappa shape index (κ2) is 10.7. The van der Waals surface area contributed by atoms with E-state index in [1.807, 2.05) is 24.3 Å². The Kier molecular flexibility index (Phi) is 7.97. The molecule has 0 atom stereocenters. The number of hydrogen-bond donors (Lipinski definition) is 0. The van der Waals surface area contributed by atoms with Gasteiger partial charge in [-0.15, -0.1) is 0 Å². The molecule has 0 heterocycles. The van der Waals surface area contributed by atoms with E-state index in [0.717, 1.165) is 5.56 Å². The highest BCUT2D eigenvalue weighted by Gasteiger charge is 2.13. The number of hydrogen-bond acceptors (Lipinski definition) is 6. The van der Waals surface area contributed by atoms with Crippen LogP contribution in [0.25, 0.3) is 6.08 Å². The molecule has 2 aromatic carbocycles. The maximum atomic E-state index is 12.2. The molecule has 0 saturated heterocycles. The Morgan fingerprint density at radius 1 is 1.00 bits per heavy atom. The lowest BCUT2D eigenvalue weighted by molar-refractivity contribution is -0.147. The molecule has 29 heavy (non-hydrogen) atoms. The van der Waals surface area contributed by atoms with Crippen LogP contribution >= 0.6 is 0 Å². The molecule has 2 rings (SSSR count). The summed E-state index contributed by atoms with van der Waals surface area (Å²) in [5.74, 6) is -0.720. The van der Waals surface area contributed by atoms with Crippen LogP contribution < -0.4 is 4.74 Å². The van der Waals surface area contributed by atoms with Crippen LogP contribution in [0.5, 0.6) is 5.75 Å². The highest BCUT2D eigenvalue weighted by molar-refractivity contribution is 5.91. The summed E-state index contributed by atoms with van der Waals surface area (Å²) in [6.07, 6.45) is 2.76. The highest BCUT2D eigenvalue weighted by atomic mass is 16.5. The van der Waals surface area contributed by atoms with Gasteiger partial charge in [-0.1, -0.05) is 30.3 Å². The van der Waals surface area contributed by atoms with Crippen molar-refractivity contribution >= 4 is 23.9 Å². The molecule has 0 fully saturated rings. The molecule has 2 aromatic rings. The normalized spacial score (nSPS) is 10.4. The van der Waals surface area contributed by atoms with Crippen LogP contribution in [0.3, 0.4) is 0 Å². The van der Waals surface area contributed by atoms with Gasteiger partial charge in [-0.2, -0.15) is 0 Å². The maximum absolute atomic E-state index is 12.2. The van der Waals surface area contributed by atoms with Crippen molar-refractivity contribution in [3.8, 4) is 5.75 Å². The monoisotopic (exact) mass is 397 g/mol. The Morgan fingerprint density at radius 3 is 2.34 bits per heavy atom. The van der Waals surface area contributed by atoms with Gasteiger partial charge in [0.05, 0.1) is 19.8 Å². The van der Waals surface area contributed by atoms with Gasteiger partial charge in [-0.05, 0) is 29.8 Å². The molecule has 0 aromatic heterocycles. The second-order valence-electron chi connectivity index (χ2n) is 6.12. The van der Waals surface area contributed by atoms with Crippen molar-refractivity contribution in [1.29, 1.82) is 0 Å². The fraction of sp³-hybridized carbons (Fsp3) is 0.227. The Labute approximate surface area is 169 Å². The summed E-state index contributed by atoms with van der Waals surface area (Å²) in [6, 6.07) is 13.9. The van der Waals surface area contributed by atoms with E-state index in [2.05, 4.69) is 4.74 Å². The SMILES string of the molecule is COC(=O)c1ccc(/C=C/C(=O)OCC(=O)N(C)Cc2ccccc2OC)cc1. The predicted molar refractivity (Wildman–Crippen MR) is 107 cm³/mol. The van der Waals surface area contributed by atoms with Gasteiger partial charge in [-0.25, -0.2) is 9.59 Å². The number of para-hydroxylation sites is 1. The quantitative estimate of drug-likeness (QED) is 0.503. The third-order valence-corrected chi connectivity index (χ3v) is 4.11. The molecule has 7 heteroatoms. The minimum Gasteiger partial charge on any atom is -0.496 e. The second-order valence-corrected chi connectivity index (χ2v) is 6.12. The van der Waals surface area contributed by atoms with Crippen LogP contribution in [-0.4, -0.2) is 50.6 Å². The van der Waals surface area contributed by atoms with Gasteiger partial charge in [0.15, 0.2) is 6.61 Å². The molecule has 0 N–H and O–H groups in total. The predicted octanol–water partition coefficient (Wildman–Crippen LogP) is 2.70. The van der Waals surface area contributed by atoms with Gasteiger partial charge in [0, 0.05) is 25.2 Å². The first-order valence-electron chi connectivity index (χ1n) is 8.83. The summed E-state index contributed by atoms with van der Waals surface area (Å²) in [7, 11) is 4.50. The molecule has 0 saturated carbocycles. The Balaban J connectivity index is 1.84. The Morgan fingerprint density at radius 2 is 1.69 bits per heavy atom. The third kappa shape index (κ3) is 6.49. The molecule has 0 unspecified atom stereocenters. The average Bonchev–Trinajstić information content (AvgIpc) is 2.76. The summed E-state index contributed by atoms with van der Waals surface area (Å²) < 4.78 is 14.9. The van der Waals surface area contributed by atoms with E-state index in [1.165, 1.54) is 24.2 Å². The number of benzene rings is 2. The van der Waals surface area contributed by atoms with E-state index in [1.54, 1.807) is 38.4 Å². The largest absolute Gasteiger partial charge is 0.496 e. The molecule has 0 aliphatic heterocycles. The number of carbonyl (C=O) groups is 3. The molecule has 152 valence electrons. The summed E-state index contributed by atoms with van der Waals surface area (Å²) in [4.78, 5) is 36.9. The maximum Gasteiger partial charge on any atom is 0.337 e. The molecule has 0 bridgehead atoms. The molecule has 0 aliphatic carbocycles. The van der Waals surface area contributed by atoms with Gasteiger partial charge < -0.3 is 19.1 Å². The van der Waals surface area contributed by atoms with Crippen LogP contribution in [0.1, 0.15) is 21.5 Å². The number of carbonyl (C=O) groups excluding carboxylic acids is 3. The minimum atomic E-state index is -0.638. The first-order valence-corrected chi connectivity index (χ1v) is 8.83. The van der Waals surface area contributed by atoms with Crippen LogP contribution in [0.2, 0.25) is 0 Å². The molecule has 1 amide bonds. The lowest BCUT2D eigenvalue weighted by Gasteiger charge is -2.18. The van der Waals surface area contributed by atoms with Crippen LogP contribution in [0.15, 0.2) is 54.6 Å². The van der Waals surface area contributed by atoms with Crippen molar-refractivity contribution in [1.82, 2.24) is 4.90 Å². The Hall–Kier alpha value is -3.61. The molecule has 0 spiro atoms. The van der Waals surface area contributed by atoms with Crippen LogP contribution in [-0.2, 0) is 25.6 Å². The van der Waals surface area contributed by atoms with Crippen LogP contribution in [0, 0.1) is 0 Å². The van der Waals surface area contributed by atoms with Crippen molar-refractivity contribution in [2.45, 2.75) is 6.54 Å². The van der Waals surface area contributed by atoms with E-state index in [9.17, 15) is 14.4 Å². The topological polar surface area (TPSA) is 82.1 Å². The number of amides is 1. The number of ether oxygens (including phenoxy) is 3. The number of nitrogens with zero attached hydrogens (tertiary/aromatic N) is 1. The number of esters is 2. The highest BCUT2D eigenvalue weighted by Crippen LogP contribution is 2.18. The van der Waals surface area contributed by atoms with Crippen molar-refractivity contribution < 1.29 is 28.6 Å². The summed E-state index contributed by atoms with van der Waals surface area (Å²) >= 11 is 0. The molecule has 7 nitrogen and oxygen atoms in total. The number of likely N-dealkylation sites (N-methyl/N-ethyl adjacent to an activating group) is 1. The zero-order valence-corrected chi connectivity index (χ0v) is 16.6. The van der Waals surface area contributed by atoms with Crippen molar-refractivity contribution in [2.24, 2.45) is 0 Å². The third-order valence-electron chi connectivity index (χ3n) is 4.11. The smallest absolute Gasteiger partial charge is 0.337 e. The van der Waals surface area contributed by atoms with Crippen molar-refractivity contribution in [3.05, 3.63) is 71.3 Å². The summed E-state index contributed by atoms with van der Waals surface area (Å²) in [5.41, 5.74) is 1.97. The van der Waals surface area contributed by atoms with E-state index in [0.29, 0.717) is 23.4 Å². The first-order chi connectivity index (χ1) is 13.9. The average molecular weight is 397 g/mol. The number of rotatable bonds is 8.